The van der Waals surface area contributed by atoms with Gasteiger partial charge in [-0.3, -0.25) is 14.9 Å². The van der Waals surface area contributed by atoms with E-state index in [9.17, 15) is 14.4 Å². The molecule has 7 heteroatoms. The van der Waals surface area contributed by atoms with Gasteiger partial charge in [0.15, 0.2) is 0 Å². The smallest absolute Gasteiger partial charge is 0.321 e. The number of nitrogens with zero attached hydrogens (tertiary/aromatic N) is 1. The van der Waals surface area contributed by atoms with Crippen LogP contribution in [0, 0.1) is 0 Å². The van der Waals surface area contributed by atoms with Gasteiger partial charge < -0.3 is 15.3 Å². The second-order valence-electron chi connectivity index (χ2n) is 4.30. The van der Waals surface area contributed by atoms with Crippen molar-refractivity contribution in [1.82, 2.24) is 15.5 Å². The quantitative estimate of drug-likeness (QED) is 0.528. The molecule has 19 heavy (non-hydrogen) atoms. The fourth-order valence-corrected chi connectivity index (χ4v) is 1.31. The summed E-state index contributed by atoms with van der Waals surface area (Å²) in [5.74, 6) is -1.26. The first-order valence-corrected chi connectivity index (χ1v) is 6.43. The molecule has 0 unspecified atom stereocenters. The number of rotatable bonds is 9. The number of carboxylic acid groups (broad SMARTS) is 1. The maximum Gasteiger partial charge on any atom is 0.321 e. The number of carbonyl (C=O) groups excluding carboxylic acids is 2. The molecule has 0 aliphatic carbocycles. The second kappa shape index (κ2) is 10.3. The highest BCUT2D eigenvalue weighted by Crippen LogP contribution is 1.99. The zero-order valence-electron chi connectivity index (χ0n) is 11.6. The van der Waals surface area contributed by atoms with Crippen molar-refractivity contribution < 1.29 is 19.5 Å². The van der Waals surface area contributed by atoms with Crippen LogP contribution in [-0.2, 0) is 9.59 Å². The van der Waals surface area contributed by atoms with Crippen LogP contribution in [0.2, 0.25) is 0 Å². The number of nitrogens with one attached hydrogen (secondary N) is 2. The molecule has 0 fully saturated rings. The molecule has 0 heterocycles. The number of hydrogen-bond donors (Lipinski definition) is 3. The molecule has 0 bridgehead atoms. The third-order valence-electron chi connectivity index (χ3n) is 2.62. The summed E-state index contributed by atoms with van der Waals surface area (Å²) < 4.78 is 0. The van der Waals surface area contributed by atoms with Gasteiger partial charge in [-0.2, -0.15) is 0 Å². The summed E-state index contributed by atoms with van der Waals surface area (Å²) in [4.78, 5) is 34.9. The van der Waals surface area contributed by atoms with Crippen LogP contribution in [0.25, 0.3) is 0 Å². The van der Waals surface area contributed by atoms with Crippen LogP contribution in [-0.4, -0.2) is 54.6 Å². The lowest BCUT2D eigenvalue weighted by atomic mass is 10.2. The van der Waals surface area contributed by atoms with Crippen molar-refractivity contribution in [2.75, 3.05) is 26.7 Å². The van der Waals surface area contributed by atoms with E-state index in [0.29, 0.717) is 19.4 Å². The number of carbonyl (C=O) groups is 3. The zero-order chi connectivity index (χ0) is 14.7. The number of urea groups is 1. The van der Waals surface area contributed by atoms with E-state index in [1.807, 2.05) is 18.9 Å². The molecule has 3 amide bonds. The van der Waals surface area contributed by atoms with Gasteiger partial charge in [0, 0.05) is 25.9 Å². The summed E-state index contributed by atoms with van der Waals surface area (Å²) in [6.07, 6.45) is 1.11. The van der Waals surface area contributed by atoms with Gasteiger partial charge in [0.25, 0.3) is 0 Å². The number of carboxylic acids is 1. The molecule has 0 spiro atoms. The van der Waals surface area contributed by atoms with E-state index in [1.54, 1.807) is 0 Å². The number of aliphatic carboxylic acids is 1. The van der Waals surface area contributed by atoms with Crippen molar-refractivity contribution >= 4 is 17.9 Å². The van der Waals surface area contributed by atoms with E-state index in [4.69, 9.17) is 5.11 Å². The third-order valence-corrected chi connectivity index (χ3v) is 2.62. The van der Waals surface area contributed by atoms with Crippen molar-refractivity contribution in [3.63, 3.8) is 0 Å². The summed E-state index contributed by atoms with van der Waals surface area (Å²) in [6.45, 7) is 4.10. The average Bonchev–Trinajstić information content (AvgIpc) is 2.34. The molecular formula is C12H23N3O4. The summed E-state index contributed by atoms with van der Waals surface area (Å²) in [5, 5.41) is 13.2. The van der Waals surface area contributed by atoms with Gasteiger partial charge >= 0.3 is 12.0 Å². The molecule has 0 saturated carbocycles. The topological polar surface area (TPSA) is 98.7 Å². The normalized spacial score (nSPS) is 10.3. The monoisotopic (exact) mass is 273 g/mol. The minimum atomic E-state index is -0.877. The van der Waals surface area contributed by atoms with Crippen molar-refractivity contribution in [2.24, 2.45) is 0 Å². The maximum atomic E-state index is 11.3. The van der Waals surface area contributed by atoms with Gasteiger partial charge in [-0.25, -0.2) is 4.79 Å². The van der Waals surface area contributed by atoms with Crippen LogP contribution in [0.3, 0.4) is 0 Å². The maximum absolute atomic E-state index is 11.3. The fraction of sp³-hybridized carbons (Fsp3) is 0.750. The van der Waals surface area contributed by atoms with Gasteiger partial charge in [0.05, 0.1) is 0 Å². The highest BCUT2D eigenvalue weighted by Gasteiger charge is 2.07. The van der Waals surface area contributed by atoms with Gasteiger partial charge in [-0.15, -0.1) is 0 Å². The number of amides is 3. The average molecular weight is 273 g/mol. The molecule has 110 valence electrons. The number of imide groups is 1. The van der Waals surface area contributed by atoms with E-state index >= 15 is 0 Å². The molecule has 0 radical (unpaired) electrons. The van der Waals surface area contributed by atoms with Crippen LogP contribution in [0.4, 0.5) is 4.79 Å². The van der Waals surface area contributed by atoms with Crippen molar-refractivity contribution in [1.29, 1.82) is 0 Å². The molecule has 0 aromatic heterocycles. The SMILES string of the molecule is CCN(C)CCNC(=O)NC(=O)CCCCC(=O)O. The highest BCUT2D eigenvalue weighted by molar-refractivity contribution is 5.94. The Labute approximate surface area is 113 Å². The molecular weight excluding hydrogens is 250 g/mol. The molecule has 0 aromatic rings. The Bertz CT molecular complexity index is 307. The Morgan fingerprint density at radius 3 is 2.37 bits per heavy atom. The lowest BCUT2D eigenvalue weighted by Gasteiger charge is -2.14. The zero-order valence-corrected chi connectivity index (χ0v) is 11.6. The minimum Gasteiger partial charge on any atom is -0.481 e. The van der Waals surface area contributed by atoms with E-state index < -0.39 is 12.0 Å². The number of likely N-dealkylation sites (N-methyl/N-ethyl adjacent to an activating group) is 1. The molecule has 0 rings (SSSR count). The summed E-state index contributed by atoms with van der Waals surface area (Å²) in [7, 11) is 1.94. The van der Waals surface area contributed by atoms with E-state index in [-0.39, 0.29) is 18.7 Å². The molecule has 0 atom stereocenters. The summed E-state index contributed by atoms with van der Waals surface area (Å²) >= 11 is 0. The van der Waals surface area contributed by atoms with Gasteiger partial charge in [-0.05, 0) is 26.4 Å². The molecule has 0 saturated heterocycles. The Kier molecular flexibility index (Phi) is 9.42. The Balaban J connectivity index is 3.58. The van der Waals surface area contributed by atoms with E-state index in [2.05, 4.69) is 10.6 Å². The first-order chi connectivity index (χ1) is 8.95. The lowest BCUT2D eigenvalue weighted by Crippen LogP contribution is -2.42. The van der Waals surface area contributed by atoms with Crippen molar-refractivity contribution in [2.45, 2.75) is 32.6 Å². The first-order valence-electron chi connectivity index (χ1n) is 6.43. The van der Waals surface area contributed by atoms with Crippen LogP contribution in [0.1, 0.15) is 32.6 Å². The predicted molar refractivity (Wildman–Crippen MR) is 70.8 cm³/mol. The minimum absolute atomic E-state index is 0.0445. The largest absolute Gasteiger partial charge is 0.481 e. The number of hydrogen-bond acceptors (Lipinski definition) is 4. The van der Waals surface area contributed by atoms with Crippen LogP contribution in [0.5, 0.6) is 0 Å². The molecule has 7 nitrogen and oxygen atoms in total. The van der Waals surface area contributed by atoms with Gasteiger partial charge in [0.2, 0.25) is 5.91 Å². The molecule has 0 aliphatic rings. The Morgan fingerprint density at radius 2 is 1.79 bits per heavy atom. The Morgan fingerprint density at radius 1 is 1.16 bits per heavy atom. The Hall–Kier alpha value is -1.63. The van der Waals surface area contributed by atoms with Gasteiger partial charge in [-0.1, -0.05) is 6.92 Å². The standard InChI is InChI=1S/C12H23N3O4/c1-3-15(2)9-8-13-12(19)14-10(16)6-4-5-7-11(17)18/h3-9H2,1-2H3,(H,17,18)(H2,13,14,16,19). The molecule has 0 aliphatic heterocycles. The molecule has 0 aromatic carbocycles. The van der Waals surface area contributed by atoms with Crippen molar-refractivity contribution in [3.8, 4) is 0 Å². The third kappa shape index (κ3) is 11.2. The van der Waals surface area contributed by atoms with Crippen LogP contribution < -0.4 is 10.6 Å². The highest BCUT2D eigenvalue weighted by atomic mass is 16.4. The summed E-state index contributed by atoms with van der Waals surface area (Å²) in [6, 6.07) is -0.507. The van der Waals surface area contributed by atoms with Gasteiger partial charge in [0.1, 0.15) is 0 Å². The summed E-state index contributed by atoms with van der Waals surface area (Å²) in [5.41, 5.74) is 0. The van der Waals surface area contributed by atoms with E-state index in [0.717, 1.165) is 13.1 Å². The predicted octanol–water partition coefficient (Wildman–Crippen LogP) is 0.409. The molecule has 3 N–H and O–H groups in total. The lowest BCUT2D eigenvalue weighted by molar-refractivity contribution is -0.137. The second-order valence-corrected chi connectivity index (χ2v) is 4.30. The van der Waals surface area contributed by atoms with Crippen molar-refractivity contribution in [3.05, 3.63) is 0 Å². The van der Waals surface area contributed by atoms with Crippen LogP contribution >= 0.6 is 0 Å². The first kappa shape index (κ1) is 17.4. The van der Waals surface area contributed by atoms with E-state index in [1.165, 1.54) is 0 Å². The fourth-order valence-electron chi connectivity index (χ4n) is 1.31. The number of unbranched alkanes of at least 4 members (excludes halogenated alkanes) is 1. The van der Waals surface area contributed by atoms with Crippen LogP contribution in [0.15, 0.2) is 0 Å².